The van der Waals surface area contributed by atoms with Crippen molar-refractivity contribution in [3.63, 3.8) is 0 Å². The fraction of sp³-hybridized carbons (Fsp3) is 0.400. The van der Waals surface area contributed by atoms with Gasteiger partial charge in [0.15, 0.2) is 0 Å². The quantitative estimate of drug-likeness (QED) is 0.792. The van der Waals surface area contributed by atoms with Crippen LogP contribution in [0.1, 0.15) is 26.3 Å². The average molecular weight is 310 g/mol. The first-order valence-electron chi connectivity index (χ1n) is 6.63. The van der Waals surface area contributed by atoms with E-state index in [1.54, 1.807) is 24.3 Å². The monoisotopic (exact) mass is 310 g/mol. The lowest BCUT2D eigenvalue weighted by Crippen LogP contribution is -2.27. The fourth-order valence-electron chi connectivity index (χ4n) is 1.46. The Balaban J connectivity index is 2.71. The first kappa shape index (κ1) is 17.4. The molecule has 0 aliphatic rings. The zero-order valence-electron chi connectivity index (χ0n) is 12.6. The van der Waals surface area contributed by atoms with Crippen molar-refractivity contribution in [1.82, 2.24) is 4.72 Å². The van der Waals surface area contributed by atoms with Crippen LogP contribution in [0.4, 0.5) is 5.69 Å². The molecule has 116 valence electrons. The number of carbonyl (C=O) groups excluding carboxylic acids is 1. The lowest BCUT2D eigenvalue weighted by molar-refractivity contribution is -0.123. The van der Waals surface area contributed by atoms with E-state index in [0.29, 0.717) is 11.3 Å². The summed E-state index contributed by atoms with van der Waals surface area (Å²) in [5.74, 6) is -0.190. The van der Waals surface area contributed by atoms with Crippen molar-refractivity contribution in [2.75, 3.05) is 11.9 Å². The predicted octanol–water partition coefficient (Wildman–Crippen LogP) is 2.28. The standard InChI is InChI=1S/C15H22N2O3S/c1-5-10-16-21(19,20)11-12-6-8-13(9-7-12)17-14(18)15(2,3)4/h5-9,16H,1,10-11H2,2-4H3,(H,17,18). The minimum absolute atomic E-state index is 0.0875. The number of nitrogens with one attached hydrogen (secondary N) is 2. The molecule has 5 nitrogen and oxygen atoms in total. The summed E-state index contributed by atoms with van der Waals surface area (Å²) in [5, 5.41) is 2.79. The van der Waals surface area contributed by atoms with Crippen molar-refractivity contribution in [2.24, 2.45) is 5.41 Å². The maximum Gasteiger partial charge on any atom is 0.229 e. The van der Waals surface area contributed by atoms with Crippen LogP contribution in [0.5, 0.6) is 0 Å². The summed E-state index contributed by atoms with van der Waals surface area (Å²) >= 11 is 0. The van der Waals surface area contributed by atoms with Gasteiger partial charge in [0.25, 0.3) is 0 Å². The second-order valence-electron chi connectivity index (χ2n) is 5.80. The molecule has 0 atom stereocenters. The molecule has 0 fully saturated rings. The van der Waals surface area contributed by atoms with Crippen molar-refractivity contribution in [2.45, 2.75) is 26.5 Å². The van der Waals surface area contributed by atoms with Crippen LogP contribution >= 0.6 is 0 Å². The van der Waals surface area contributed by atoms with E-state index in [2.05, 4.69) is 16.6 Å². The zero-order valence-corrected chi connectivity index (χ0v) is 13.5. The summed E-state index contributed by atoms with van der Waals surface area (Å²) in [4.78, 5) is 11.8. The van der Waals surface area contributed by atoms with Gasteiger partial charge in [0, 0.05) is 17.6 Å². The van der Waals surface area contributed by atoms with Gasteiger partial charge in [0.05, 0.1) is 5.75 Å². The van der Waals surface area contributed by atoms with Gasteiger partial charge < -0.3 is 5.32 Å². The summed E-state index contributed by atoms with van der Waals surface area (Å²) in [6, 6.07) is 6.76. The molecule has 0 unspecified atom stereocenters. The van der Waals surface area contributed by atoms with Gasteiger partial charge in [-0.1, -0.05) is 39.0 Å². The number of hydrogen-bond donors (Lipinski definition) is 2. The van der Waals surface area contributed by atoms with E-state index >= 15 is 0 Å². The molecule has 0 bridgehead atoms. The van der Waals surface area contributed by atoms with Gasteiger partial charge in [-0.05, 0) is 17.7 Å². The first-order chi connectivity index (χ1) is 9.64. The van der Waals surface area contributed by atoms with E-state index in [0.717, 1.165) is 0 Å². The lowest BCUT2D eigenvalue weighted by atomic mass is 9.95. The van der Waals surface area contributed by atoms with Gasteiger partial charge in [-0.2, -0.15) is 0 Å². The summed E-state index contributed by atoms with van der Waals surface area (Å²) in [6.07, 6.45) is 1.49. The average Bonchev–Trinajstić information content (AvgIpc) is 2.37. The van der Waals surface area contributed by atoms with Gasteiger partial charge in [-0.3, -0.25) is 4.79 Å². The molecule has 0 aliphatic heterocycles. The Kier molecular flexibility index (Phi) is 5.69. The SMILES string of the molecule is C=CCNS(=O)(=O)Cc1ccc(NC(=O)C(C)(C)C)cc1. The van der Waals surface area contributed by atoms with Crippen LogP contribution in [0.15, 0.2) is 36.9 Å². The number of sulfonamides is 1. The van der Waals surface area contributed by atoms with Crippen LogP contribution in [0, 0.1) is 5.41 Å². The molecular formula is C15H22N2O3S. The highest BCUT2D eigenvalue weighted by molar-refractivity contribution is 7.88. The van der Waals surface area contributed by atoms with Crippen LogP contribution in [0.2, 0.25) is 0 Å². The fourth-order valence-corrected chi connectivity index (χ4v) is 2.56. The Morgan fingerprint density at radius 1 is 1.24 bits per heavy atom. The van der Waals surface area contributed by atoms with Crippen molar-refractivity contribution < 1.29 is 13.2 Å². The predicted molar refractivity (Wildman–Crippen MR) is 85.4 cm³/mol. The summed E-state index contributed by atoms with van der Waals surface area (Å²) in [7, 11) is -3.36. The molecule has 0 aliphatic carbocycles. The van der Waals surface area contributed by atoms with E-state index in [1.807, 2.05) is 20.8 Å². The molecule has 1 aromatic rings. The second-order valence-corrected chi connectivity index (χ2v) is 7.60. The second kappa shape index (κ2) is 6.87. The summed E-state index contributed by atoms with van der Waals surface area (Å²) in [6.45, 7) is 9.16. The van der Waals surface area contributed by atoms with Gasteiger partial charge in [0.1, 0.15) is 0 Å². The maximum atomic E-state index is 11.8. The third kappa shape index (κ3) is 6.10. The smallest absolute Gasteiger partial charge is 0.229 e. The topological polar surface area (TPSA) is 75.3 Å². The molecule has 0 radical (unpaired) electrons. The molecule has 0 saturated heterocycles. The van der Waals surface area contributed by atoms with E-state index in [-0.39, 0.29) is 18.2 Å². The van der Waals surface area contributed by atoms with Crippen LogP contribution in [0.25, 0.3) is 0 Å². The molecule has 0 heterocycles. The highest BCUT2D eigenvalue weighted by atomic mass is 32.2. The number of rotatable bonds is 6. The Labute approximate surface area is 126 Å². The van der Waals surface area contributed by atoms with E-state index in [9.17, 15) is 13.2 Å². The van der Waals surface area contributed by atoms with Crippen molar-refractivity contribution >= 4 is 21.6 Å². The molecule has 1 amide bonds. The molecule has 21 heavy (non-hydrogen) atoms. The zero-order chi connectivity index (χ0) is 16.1. The normalized spacial score (nSPS) is 12.0. The highest BCUT2D eigenvalue weighted by Gasteiger charge is 2.21. The molecule has 1 rings (SSSR count). The third-order valence-corrected chi connectivity index (χ3v) is 4.02. The molecule has 0 aromatic heterocycles. The Morgan fingerprint density at radius 3 is 2.29 bits per heavy atom. The molecular weight excluding hydrogens is 288 g/mol. The molecule has 6 heteroatoms. The molecule has 1 aromatic carbocycles. The van der Waals surface area contributed by atoms with Crippen LogP contribution in [0.3, 0.4) is 0 Å². The van der Waals surface area contributed by atoms with E-state index in [4.69, 9.17) is 0 Å². The minimum atomic E-state index is -3.36. The maximum absolute atomic E-state index is 11.8. The number of hydrogen-bond acceptors (Lipinski definition) is 3. The number of benzene rings is 1. The first-order valence-corrected chi connectivity index (χ1v) is 8.28. The molecule has 0 spiro atoms. The third-order valence-electron chi connectivity index (χ3n) is 2.70. The van der Waals surface area contributed by atoms with Crippen molar-refractivity contribution in [3.05, 3.63) is 42.5 Å². The van der Waals surface area contributed by atoms with Gasteiger partial charge in [0.2, 0.25) is 15.9 Å². The Bertz CT molecular complexity index is 599. The highest BCUT2D eigenvalue weighted by Crippen LogP contribution is 2.18. The summed E-state index contributed by atoms with van der Waals surface area (Å²) in [5.41, 5.74) is 0.826. The van der Waals surface area contributed by atoms with Crippen LogP contribution in [-0.4, -0.2) is 20.9 Å². The largest absolute Gasteiger partial charge is 0.326 e. The minimum Gasteiger partial charge on any atom is -0.326 e. The van der Waals surface area contributed by atoms with Crippen LogP contribution in [-0.2, 0) is 20.6 Å². The Hall–Kier alpha value is -1.66. The van der Waals surface area contributed by atoms with E-state index in [1.165, 1.54) is 6.08 Å². The van der Waals surface area contributed by atoms with Crippen LogP contribution < -0.4 is 10.0 Å². The van der Waals surface area contributed by atoms with Crippen molar-refractivity contribution in [1.29, 1.82) is 0 Å². The van der Waals surface area contributed by atoms with Gasteiger partial charge in [-0.15, -0.1) is 6.58 Å². The molecule has 2 N–H and O–H groups in total. The number of amides is 1. The number of anilines is 1. The summed E-state index contributed by atoms with van der Waals surface area (Å²) < 4.78 is 25.9. The Morgan fingerprint density at radius 2 is 1.81 bits per heavy atom. The van der Waals surface area contributed by atoms with Crippen molar-refractivity contribution in [3.8, 4) is 0 Å². The van der Waals surface area contributed by atoms with Gasteiger partial charge >= 0.3 is 0 Å². The van der Waals surface area contributed by atoms with E-state index < -0.39 is 15.4 Å². The lowest BCUT2D eigenvalue weighted by Gasteiger charge is -2.17. The number of carbonyl (C=O) groups is 1. The molecule has 0 saturated carbocycles. The van der Waals surface area contributed by atoms with Gasteiger partial charge in [-0.25, -0.2) is 13.1 Å².